The van der Waals surface area contributed by atoms with E-state index in [2.05, 4.69) is 25.4 Å². The molecule has 1 fully saturated rings. The number of alkyl halides is 3. The number of halogens is 3. The molecule has 0 unspecified atom stereocenters. The Morgan fingerprint density at radius 3 is 2.50 bits per heavy atom. The Balaban J connectivity index is 1.90. The second-order valence-electron chi connectivity index (χ2n) is 7.95. The van der Waals surface area contributed by atoms with E-state index in [1.54, 1.807) is 36.1 Å². The molecule has 1 N–H and O–H groups in total. The zero-order chi connectivity index (χ0) is 22.9. The number of hydrogen-bond acceptors (Lipinski definition) is 6. The third kappa shape index (κ3) is 3.18. The molecule has 5 rings (SSSR count). The van der Waals surface area contributed by atoms with Crippen molar-refractivity contribution < 1.29 is 21.6 Å². The van der Waals surface area contributed by atoms with Crippen molar-refractivity contribution in [2.45, 2.75) is 30.3 Å². The summed E-state index contributed by atoms with van der Waals surface area (Å²) in [5.41, 5.74) is 2.02. The van der Waals surface area contributed by atoms with Gasteiger partial charge in [-0.05, 0) is 31.0 Å². The van der Waals surface area contributed by atoms with Crippen LogP contribution in [0.2, 0.25) is 0 Å². The average Bonchev–Trinajstić information content (AvgIpc) is 2.99. The van der Waals surface area contributed by atoms with E-state index in [0.717, 1.165) is 10.9 Å². The van der Waals surface area contributed by atoms with Gasteiger partial charge in [-0.1, -0.05) is 0 Å². The molecule has 4 aromatic heterocycles. The highest BCUT2D eigenvalue weighted by atomic mass is 32.2. The third-order valence-corrected chi connectivity index (χ3v) is 7.82. The van der Waals surface area contributed by atoms with E-state index in [1.165, 1.54) is 6.20 Å². The molecule has 168 valence electrons. The summed E-state index contributed by atoms with van der Waals surface area (Å²) in [6.07, 6.45) is 0.181. The molecule has 32 heavy (non-hydrogen) atoms. The highest BCUT2D eigenvalue weighted by Gasteiger charge is 2.55. The molecule has 1 aliphatic carbocycles. The number of rotatable bonds is 5. The molecule has 0 saturated heterocycles. The zero-order valence-electron chi connectivity index (χ0n) is 17.0. The molecular formula is C19H18F3N7O2S. The van der Waals surface area contributed by atoms with Crippen molar-refractivity contribution in [1.29, 1.82) is 0 Å². The van der Waals surface area contributed by atoms with E-state index in [0.29, 0.717) is 29.9 Å². The van der Waals surface area contributed by atoms with Crippen molar-refractivity contribution in [2.75, 3.05) is 6.26 Å². The van der Waals surface area contributed by atoms with Crippen LogP contribution in [0.3, 0.4) is 0 Å². The lowest BCUT2D eigenvalue weighted by atomic mass is 10.1. The molecule has 0 aromatic carbocycles. The summed E-state index contributed by atoms with van der Waals surface area (Å²) < 4.78 is 66.8. The predicted octanol–water partition coefficient (Wildman–Crippen LogP) is 2.82. The van der Waals surface area contributed by atoms with Gasteiger partial charge in [0, 0.05) is 31.3 Å². The SMILES string of the molecule is Cn1nccc1-c1cc(C2(S(C)(=O)=O)CC2)c2c(n1)c(-c1ccn[nH]1)nn2CC(F)(F)F. The van der Waals surface area contributed by atoms with Crippen molar-refractivity contribution in [3.8, 4) is 22.8 Å². The highest BCUT2D eigenvalue weighted by Crippen LogP contribution is 2.55. The summed E-state index contributed by atoms with van der Waals surface area (Å²) in [6, 6.07) is 4.83. The molecule has 0 spiro atoms. The first kappa shape index (κ1) is 20.7. The minimum absolute atomic E-state index is 0.0563. The van der Waals surface area contributed by atoms with E-state index >= 15 is 0 Å². The van der Waals surface area contributed by atoms with E-state index in [4.69, 9.17) is 0 Å². The first-order valence-corrected chi connectivity index (χ1v) is 11.6. The first-order valence-electron chi connectivity index (χ1n) is 9.67. The largest absolute Gasteiger partial charge is 0.408 e. The quantitative estimate of drug-likeness (QED) is 0.485. The molecule has 0 amide bonds. The summed E-state index contributed by atoms with van der Waals surface area (Å²) in [4.78, 5) is 4.62. The number of aryl methyl sites for hydroxylation is 1. The fourth-order valence-corrected chi connectivity index (χ4v) is 5.49. The number of H-pyrrole nitrogens is 1. The molecule has 0 aliphatic heterocycles. The van der Waals surface area contributed by atoms with Crippen molar-refractivity contribution in [3.63, 3.8) is 0 Å². The Labute approximate surface area is 180 Å². The number of nitrogens with zero attached hydrogens (tertiary/aromatic N) is 6. The van der Waals surface area contributed by atoms with Gasteiger partial charge in [-0.15, -0.1) is 0 Å². The topological polar surface area (TPSA) is 111 Å². The van der Waals surface area contributed by atoms with Crippen LogP contribution in [-0.4, -0.2) is 55.6 Å². The Morgan fingerprint density at radius 2 is 1.97 bits per heavy atom. The van der Waals surface area contributed by atoms with Crippen LogP contribution in [0.4, 0.5) is 13.2 Å². The molecule has 1 saturated carbocycles. The normalized spacial score (nSPS) is 16.0. The number of fused-ring (bicyclic) bond motifs is 1. The fraction of sp³-hybridized carbons (Fsp3) is 0.368. The Morgan fingerprint density at radius 1 is 1.22 bits per heavy atom. The Bertz CT molecular complexity index is 1430. The average molecular weight is 465 g/mol. The van der Waals surface area contributed by atoms with Crippen molar-refractivity contribution in [2.24, 2.45) is 7.05 Å². The van der Waals surface area contributed by atoms with E-state index in [-0.39, 0.29) is 22.3 Å². The second kappa shape index (κ2) is 6.64. The summed E-state index contributed by atoms with van der Waals surface area (Å²) >= 11 is 0. The van der Waals surface area contributed by atoms with Gasteiger partial charge in [0.25, 0.3) is 0 Å². The number of aromatic nitrogens is 7. The second-order valence-corrected chi connectivity index (χ2v) is 10.3. The summed E-state index contributed by atoms with van der Waals surface area (Å²) in [7, 11) is -1.93. The van der Waals surface area contributed by atoms with Gasteiger partial charge in [0.1, 0.15) is 17.8 Å². The van der Waals surface area contributed by atoms with Crippen LogP contribution >= 0.6 is 0 Å². The minimum Gasteiger partial charge on any atom is -0.276 e. The van der Waals surface area contributed by atoms with Crippen LogP contribution in [0.15, 0.2) is 30.6 Å². The number of aromatic amines is 1. The van der Waals surface area contributed by atoms with Gasteiger partial charge in [-0.2, -0.15) is 28.5 Å². The summed E-state index contributed by atoms with van der Waals surface area (Å²) in [5, 5.41) is 14.9. The standard InChI is InChI=1S/C19H18F3N7O2S/c1-28-14(4-8-24-28)13-9-11(18(5-6-18)32(2,30)31)17-16(25-13)15(12-3-7-23-26-12)27-29(17)10-19(20,21)22/h3-4,7-9H,5-6,10H2,1-2H3,(H,23,26). The van der Waals surface area contributed by atoms with Gasteiger partial charge in [0.15, 0.2) is 9.84 Å². The molecule has 0 radical (unpaired) electrons. The highest BCUT2D eigenvalue weighted by molar-refractivity contribution is 7.92. The molecule has 4 heterocycles. The monoisotopic (exact) mass is 465 g/mol. The maximum Gasteiger partial charge on any atom is 0.408 e. The van der Waals surface area contributed by atoms with Gasteiger partial charge in [0.05, 0.1) is 27.3 Å². The predicted molar refractivity (Wildman–Crippen MR) is 109 cm³/mol. The van der Waals surface area contributed by atoms with Crippen molar-refractivity contribution in [1.82, 2.24) is 34.7 Å². The van der Waals surface area contributed by atoms with E-state index in [9.17, 15) is 21.6 Å². The lowest BCUT2D eigenvalue weighted by molar-refractivity contribution is -0.141. The van der Waals surface area contributed by atoms with Crippen molar-refractivity contribution >= 4 is 20.9 Å². The molecular weight excluding hydrogens is 447 g/mol. The lowest BCUT2D eigenvalue weighted by Gasteiger charge is -2.18. The minimum atomic E-state index is -4.57. The number of nitrogens with one attached hydrogen (secondary N) is 1. The Hall–Kier alpha value is -3.22. The van der Waals surface area contributed by atoms with Gasteiger partial charge in [0.2, 0.25) is 0 Å². The van der Waals surface area contributed by atoms with Gasteiger partial charge >= 0.3 is 6.18 Å². The molecule has 9 nitrogen and oxygen atoms in total. The lowest BCUT2D eigenvalue weighted by Crippen LogP contribution is -2.23. The maximum absolute atomic E-state index is 13.4. The van der Waals surface area contributed by atoms with Gasteiger partial charge in [-0.3, -0.25) is 14.5 Å². The summed E-state index contributed by atoms with van der Waals surface area (Å²) in [5.74, 6) is 0. The van der Waals surface area contributed by atoms with Gasteiger partial charge < -0.3 is 0 Å². The van der Waals surface area contributed by atoms with E-state index < -0.39 is 27.3 Å². The van der Waals surface area contributed by atoms with Crippen LogP contribution in [0.1, 0.15) is 18.4 Å². The first-order chi connectivity index (χ1) is 15.0. The third-order valence-electron chi connectivity index (χ3n) is 5.77. The maximum atomic E-state index is 13.4. The molecule has 0 atom stereocenters. The van der Waals surface area contributed by atoms with Crippen molar-refractivity contribution in [3.05, 3.63) is 36.2 Å². The number of hydrogen-bond donors (Lipinski definition) is 1. The number of pyridine rings is 1. The van der Waals surface area contributed by atoms with Crippen LogP contribution in [-0.2, 0) is 28.2 Å². The van der Waals surface area contributed by atoms with E-state index in [1.807, 2.05) is 0 Å². The molecule has 1 aliphatic rings. The number of sulfone groups is 1. The van der Waals surface area contributed by atoms with Crippen LogP contribution in [0.5, 0.6) is 0 Å². The van der Waals surface area contributed by atoms with Crippen LogP contribution in [0.25, 0.3) is 33.8 Å². The molecule has 13 heteroatoms. The molecule has 0 bridgehead atoms. The smallest absolute Gasteiger partial charge is 0.276 e. The van der Waals surface area contributed by atoms with Gasteiger partial charge in [-0.25, -0.2) is 13.4 Å². The zero-order valence-corrected chi connectivity index (χ0v) is 17.9. The fourth-order valence-electron chi connectivity index (χ4n) is 4.09. The summed E-state index contributed by atoms with van der Waals surface area (Å²) in [6.45, 7) is -1.38. The Kier molecular flexibility index (Phi) is 4.29. The van der Waals surface area contributed by atoms with Crippen LogP contribution in [0, 0.1) is 0 Å². The molecule has 4 aromatic rings. The van der Waals surface area contributed by atoms with Crippen LogP contribution < -0.4 is 0 Å².